The zero-order chi connectivity index (χ0) is 21.4. The van der Waals surface area contributed by atoms with E-state index in [4.69, 9.17) is 18.5 Å². The number of rotatable bonds is 4. The number of benzene rings is 2. The van der Waals surface area contributed by atoms with Crippen molar-refractivity contribution in [2.45, 2.75) is 45.4 Å². The Hall–Kier alpha value is -2.17. The maximum Gasteiger partial charge on any atom is 0.512 e. The number of hydrogen-bond acceptors (Lipinski definition) is 5. The van der Waals surface area contributed by atoms with Crippen molar-refractivity contribution in [3.05, 3.63) is 47.5 Å². The van der Waals surface area contributed by atoms with Gasteiger partial charge in [0.1, 0.15) is 23.0 Å². The zero-order valence-electron chi connectivity index (χ0n) is 18.2. The highest BCUT2D eigenvalue weighted by Crippen LogP contribution is 2.52. The van der Waals surface area contributed by atoms with Gasteiger partial charge in [0.15, 0.2) is 0 Å². The Labute approximate surface area is 173 Å². The summed E-state index contributed by atoms with van der Waals surface area (Å²) in [5.41, 5.74) is 1.23. The molecule has 0 saturated heterocycles. The van der Waals surface area contributed by atoms with Crippen LogP contribution in [-0.2, 0) is 15.4 Å². The summed E-state index contributed by atoms with van der Waals surface area (Å²) in [4.78, 5) is 0. The van der Waals surface area contributed by atoms with E-state index in [1.165, 1.54) is 0 Å². The third-order valence-electron chi connectivity index (χ3n) is 5.06. The molecule has 2 aromatic rings. The van der Waals surface area contributed by atoms with Crippen LogP contribution in [0.15, 0.2) is 36.4 Å². The molecule has 0 spiro atoms. The van der Waals surface area contributed by atoms with Crippen molar-refractivity contribution in [1.29, 1.82) is 0 Å². The Kier molecular flexibility index (Phi) is 5.63. The summed E-state index contributed by atoms with van der Waals surface area (Å²) in [6.07, 6.45) is 0. The lowest BCUT2D eigenvalue weighted by atomic mass is 9.84. The second-order valence-corrected chi connectivity index (χ2v) is 10.5. The van der Waals surface area contributed by atoms with Gasteiger partial charge in [-0.1, -0.05) is 34.6 Å². The van der Waals surface area contributed by atoms with Crippen molar-refractivity contribution in [1.82, 2.24) is 5.09 Å². The molecule has 0 radical (unpaired) electrons. The van der Waals surface area contributed by atoms with Gasteiger partial charge in [-0.2, -0.15) is 0 Å². The summed E-state index contributed by atoms with van der Waals surface area (Å²) in [7, 11) is -0.426. The van der Waals surface area contributed by atoms with Crippen LogP contribution in [0.1, 0.15) is 45.7 Å². The van der Waals surface area contributed by atoms with Crippen molar-refractivity contribution in [2.75, 3.05) is 20.8 Å². The second-order valence-electron chi connectivity index (χ2n) is 8.87. The van der Waals surface area contributed by atoms with E-state index in [-0.39, 0.29) is 10.8 Å². The lowest BCUT2D eigenvalue weighted by molar-refractivity contribution is 0.366. The fourth-order valence-electron chi connectivity index (χ4n) is 3.28. The Morgan fingerprint density at radius 2 is 1.66 bits per heavy atom. The molecule has 3 rings (SSSR count). The normalized spacial score (nSPS) is 20.8. The summed E-state index contributed by atoms with van der Waals surface area (Å²) in [5, 5.41) is 3.03. The van der Waals surface area contributed by atoms with Gasteiger partial charge in [0.05, 0.1) is 14.2 Å². The fraction of sp³-hybridized carbons (Fsp3) is 0.455. The van der Waals surface area contributed by atoms with Crippen LogP contribution in [0.4, 0.5) is 0 Å². The molecule has 7 heteroatoms. The van der Waals surface area contributed by atoms with Crippen molar-refractivity contribution >= 4 is 7.75 Å². The van der Waals surface area contributed by atoms with Crippen LogP contribution in [0.25, 0.3) is 0 Å². The van der Waals surface area contributed by atoms with Crippen LogP contribution in [0.5, 0.6) is 23.0 Å². The lowest BCUT2D eigenvalue weighted by Crippen LogP contribution is -2.30. The van der Waals surface area contributed by atoms with Gasteiger partial charge >= 0.3 is 7.75 Å². The van der Waals surface area contributed by atoms with Crippen molar-refractivity contribution in [3.8, 4) is 23.0 Å². The first-order chi connectivity index (χ1) is 13.5. The topological polar surface area (TPSA) is 66.0 Å². The summed E-state index contributed by atoms with van der Waals surface area (Å²) < 4.78 is 36.3. The highest BCUT2D eigenvalue weighted by molar-refractivity contribution is 7.52. The Balaban J connectivity index is 2.01. The predicted molar refractivity (Wildman–Crippen MR) is 115 cm³/mol. The molecule has 158 valence electrons. The summed E-state index contributed by atoms with van der Waals surface area (Å²) >= 11 is 0. The molecule has 0 aromatic heterocycles. The SMILES string of the molecule is COc1ccc(OP2(=O)NCC(C)(C)c3cc(OC)ccc3O2)c(C(C)(C)C)c1. The molecular formula is C22H30NO5P. The van der Waals surface area contributed by atoms with Gasteiger partial charge in [0.2, 0.25) is 0 Å². The third-order valence-corrected chi connectivity index (χ3v) is 6.48. The standard InChI is InChI=1S/C22H30NO5P/c1-21(2,3)17-12-15(25-6)8-10-19(17)27-29(24)23-14-22(4,5)18-13-16(26-7)9-11-20(18)28-29/h8-13H,14H2,1-7H3,(H,23,24). The zero-order valence-corrected chi connectivity index (χ0v) is 19.1. The largest absolute Gasteiger partial charge is 0.512 e. The lowest BCUT2D eigenvalue weighted by Gasteiger charge is -2.26. The van der Waals surface area contributed by atoms with E-state index in [1.807, 2.05) is 12.1 Å². The van der Waals surface area contributed by atoms with Gasteiger partial charge in [0, 0.05) is 23.1 Å². The van der Waals surface area contributed by atoms with Crippen LogP contribution in [0.2, 0.25) is 0 Å². The number of methoxy groups -OCH3 is 2. The first kappa shape index (κ1) is 21.5. The minimum absolute atomic E-state index is 0.237. The summed E-state index contributed by atoms with van der Waals surface area (Å²) in [5.74, 6) is 2.47. The van der Waals surface area contributed by atoms with E-state index < -0.39 is 7.75 Å². The van der Waals surface area contributed by atoms with Gasteiger partial charge in [-0.05, 0) is 41.8 Å². The minimum Gasteiger partial charge on any atom is -0.497 e. The maximum absolute atomic E-state index is 13.6. The number of ether oxygens (including phenoxy) is 2. The molecule has 1 heterocycles. The molecule has 1 aliphatic rings. The molecular weight excluding hydrogens is 389 g/mol. The van der Waals surface area contributed by atoms with E-state index in [0.717, 1.165) is 16.9 Å². The maximum atomic E-state index is 13.6. The van der Waals surface area contributed by atoms with Crippen LogP contribution in [0.3, 0.4) is 0 Å². The third kappa shape index (κ3) is 4.54. The smallest absolute Gasteiger partial charge is 0.497 e. The van der Waals surface area contributed by atoms with Gasteiger partial charge in [-0.25, -0.2) is 9.65 Å². The minimum atomic E-state index is -3.67. The first-order valence-electron chi connectivity index (χ1n) is 9.59. The Bertz CT molecular complexity index is 949. The van der Waals surface area contributed by atoms with E-state index in [9.17, 15) is 4.57 Å². The number of nitrogens with one attached hydrogen (secondary N) is 1. The van der Waals surface area contributed by atoms with Crippen LogP contribution in [-0.4, -0.2) is 20.8 Å². The molecule has 0 amide bonds. The molecule has 1 unspecified atom stereocenters. The number of fused-ring (bicyclic) bond motifs is 1. The summed E-state index contributed by atoms with van der Waals surface area (Å²) in [6.45, 7) is 10.7. The molecule has 6 nitrogen and oxygen atoms in total. The van der Waals surface area contributed by atoms with Crippen LogP contribution >= 0.6 is 7.75 Å². The molecule has 1 atom stereocenters. The fourth-order valence-corrected chi connectivity index (χ4v) is 4.87. The van der Waals surface area contributed by atoms with E-state index >= 15 is 0 Å². The molecule has 0 saturated carbocycles. The van der Waals surface area contributed by atoms with E-state index in [2.05, 4.69) is 39.7 Å². The van der Waals surface area contributed by atoms with E-state index in [1.54, 1.807) is 38.5 Å². The second kappa shape index (κ2) is 7.58. The molecule has 2 aromatic carbocycles. The highest BCUT2D eigenvalue weighted by Gasteiger charge is 2.39. The molecule has 0 fully saturated rings. The quantitative estimate of drug-likeness (QED) is 0.665. The van der Waals surface area contributed by atoms with Crippen molar-refractivity contribution < 1.29 is 23.1 Å². The Morgan fingerprint density at radius 1 is 1.03 bits per heavy atom. The highest BCUT2D eigenvalue weighted by atomic mass is 31.2. The molecule has 1 aliphatic heterocycles. The van der Waals surface area contributed by atoms with Gasteiger partial charge in [0.25, 0.3) is 0 Å². The average molecular weight is 419 g/mol. The Morgan fingerprint density at radius 3 is 2.28 bits per heavy atom. The number of hydrogen-bond donors (Lipinski definition) is 1. The first-order valence-corrected chi connectivity index (χ1v) is 11.1. The van der Waals surface area contributed by atoms with E-state index in [0.29, 0.717) is 23.8 Å². The monoisotopic (exact) mass is 419 g/mol. The van der Waals surface area contributed by atoms with Gasteiger partial charge in [-0.3, -0.25) is 0 Å². The van der Waals surface area contributed by atoms with Crippen LogP contribution in [0, 0.1) is 0 Å². The molecule has 0 bridgehead atoms. The van der Waals surface area contributed by atoms with Crippen molar-refractivity contribution in [3.63, 3.8) is 0 Å². The molecule has 29 heavy (non-hydrogen) atoms. The summed E-state index contributed by atoms with van der Waals surface area (Å²) in [6, 6.07) is 10.9. The van der Waals surface area contributed by atoms with Crippen molar-refractivity contribution in [2.24, 2.45) is 0 Å². The van der Waals surface area contributed by atoms with Gasteiger partial charge in [-0.15, -0.1) is 0 Å². The average Bonchev–Trinajstić information content (AvgIpc) is 2.75. The molecule has 0 aliphatic carbocycles. The predicted octanol–water partition coefficient (Wildman–Crippen LogP) is 5.45. The van der Waals surface area contributed by atoms with Crippen LogP contribution < -0.4 is 23.6 Å². The van der Waals surface area contributed by atoms with Gasteiger partial charge < -0.3 is 18.5 Å². The molecule has 1 N–H and O–H groups in total.